The van der Waals surface area contributed by atoms with Crippen LogP contribution < -0.4 is 5.73 Å². The van der Waals surface area contributed by atoms with E-state index in [4.69, 9.17) is 5.73 Å². The number of nitrogens with two attached hydrogens (primary N) is 1. The second kappa shape index (κ2) is 6.80. The fourth-order valence-electron chi connectivity index (χ4n) is 2.16. The first-order chi connectivity index (χ1) is 11.3. The number of pyridine rings is 1. The Bertz CT molecular complexity index is 812. The first kappa shape index (κ1) is 14.9. The van der Waals surface area contributed by atoms with Crippen LogP contribution in [-0.4, -0.2) is 20.3 Å². The molecule has 3 rings (SSSR count). The van der Waals surface area contributed by atoms with E-state index >= 15 is 0 Å². The van der Waals surface area contributed by atoms with Crippen LogP contribution in [0.5, 0.6) is 0 Å². The summed E-state index contributed by atoms with van der Waals surface area (Å²) in [6, 6.07) is 11.1. The molecule has 0 fully saturated rings. The second-order valence-corrected chi connectivity index (χ2v) is 4.95. The molecular weight excluding hydrogens is 292 g/mol. The summed E-state index contributed by atoms with van der Waals surface area (Å²) < 4.78 is 0. The summed E-state index contributed by atoms with van der Waals surface area (Å²) in [5.74, 6) is 0.360. The molecule has 2 heterocycles. The molecule has 1 aromatic carbocycles. The predicted molar refractivity (Wildman–Crippen MR) is 86.6 cm³/mol. The minimum absolute atomic E-state index is 0.0973. The minimum atomic E-state index is -0.0973. The molecule has 23 heavy (non-hydrogen) atoms. The Balaban J connectivity index is 1.88. The standard InChI is InChI=1S/C16H16N6O/c17-16-15(21-19-13-4-2-1-3-12(13)10-23)14(20-22-16)9-11-5-7-18-8-6-11/h1-8,23H,9-10H2,(H3,17,20,22). The first-order valence-corrected chi connectivity index (χ1v) is 7.10. The van der Waals surface area contributed by atoms with E-state index in [0.29, 0.717) is 34.9 Å². The van der Waals surface area contributed by atoms with Crippen LogP contribution in [0.4, 0.5) is 17.2 Å². The van der Waals surface area contributed by atoms with Crippen molar-refractivity contribution in [2.45, 2.75) is 13.0 Å². The van der Waals surface area contributed by atoms with Crippen molar-refractivity contribution >= 4 is 17.2 Å². The summed E-state index contributed by atoms with van der Waals surface area (Å²) in [7, 11) is 0. The average Bonchev–Trinajstić information content (AvgIpc) is 2.94. The van der Waals surface area contributed by atoms with E-state index in [2.05, 4.69) is 25.4 Å². The lowest BCUT2D eigenvalue weighted by molar-refractivity contribution is 0.282. The molecule has 0 amide bonds. The zero-order valence-electron chi connectivity index (χ0n) is 12.3. The van der Waals surface area contributed by atoms with Gasteiger partial charge in [0.1, 0.15) is 5.82 Å². The molecule has 0 radical (unpaired) electrons. The molecule has 0 atom stereocenters. The zero-order valence-corrected chi connectivity index (χ0v) is 12.3. The smallest absolute Gasteiger partial charge is 0.151 e. The molecule has 0 aliphatic rings. The fraction of sp³-hybridized carbons (Fsp3) is 0.125. The van der Waals surface area contributed by atoms with Crippen LogP contribution in [0.3, 0.4) is 0 Å². The maximum absolute atomic E-state index is 9.33. The monoisotopic (exact) mass is 308 g/mol. The number of nitrogen functional groups attached to an aromatic ring is 1. The number of aliphatic hydroxyl groups is 1. The van der Waals surface area contributed by atoms with Gasteiger partial charge in [-0.05, 0) is 23.8 Å². The van der Waals surface area contributed by atoms with Crippen molar-refractivity contribution in [3.63, 3.8) is 0 Å². The molecule has 0 saturated heterocycles. The summed E-state index contributed by atoms with van der Waals surface area (Å²) in [5.41, 5.74) is 9.47. The first-order valence-electron chi connectivity index (χ1n) is 7.10. The number of aromatic nitrogens is 3. The summed E-state index contributed by atoms with van der Waals surface area (Å²) in [4.78, 5) is 3.99. The highest BCUT2D eigenvalue weighted by molar-refractivity contribution is 5.61. The van der Waals surface area contributed by atoms with Gasteiger partial charge in [-0.3, -0.25) is 10.1 Å². The molecule has 116 valence electrons. The number of anilines is 1. The Hall–Kier alpha value is -3.06. The SMILES string of the molecule is Nc1[nH]nc(Cc2ccncc2)c1N=Nc1ccccc1CO. The molecular formula is C16H16N6O. The van der Waals surface area contributed by atoms with Crippen LogP contribution in [0, 0.1) is 0 Å². The van der Waals surface area contributed by atoms with Gasteiger partial charge in [-0.25, -0.2) is 0 Å². The van der Waals surface area contributed by atoms with Crippen LogP contribution in [0.2, 0.25) is 0 Å². The number of aliphatic hydroxyl groups excluding tert-OH is 1. The van der Waals surface area contributed by atoms with Gasteiger partial charge in [0.25, 0.3) is 0 Å². The number of aromatic amines is 1. The molecule has 4 N–H and O–H groups in total. The van der Waals surface area contributed by atoms with Crippen molar-refractivity contribution in [1.82, 2.24) is 15.2 Å². The van der Waals surface area contributed by atoms with Crippen molar-refractivity contribution < 1.29 is 5.11 Å². The number of hydrogen-bond acceptors (Lipinski definition) is 6. The highest BCUT2D eigenvalue weighted by Gasteiger charge is 2.11. The Kier molecular flexibility index (Phi) is 4.39. The lowest BCUT2D eigenvalue weighted by Gasteiger charge is -2.01. The van der Waals surface area contributed by atoms with Crippen LogP contribution >= 0.6 is 0 Å². The van der Waals surface area contributed by atoms with Gasteiger partial charge in [0.05, 0.1) is 18.0 Å². The van der Waals surface area contributed by atoms with E-state index in [-0.39, 0.29) is 6.61 Å². The minimum Gasteiger partial charge on any atom is -0.392 e. The van der Waals surface area contributed by atoms with E-state index in [1.54, 1.807) is 24.5 Å². The number of benzene rings is 1. The van der Waals surface area contributed by atoms with Gasteiger partial charge in [-0.2, -0.15) is 5.10 Å². The molecule has 0 bridgehead atoms. The Morgan fingerprint density at radius 3 is 2.65 bits per heavy atom. The molecule has 0 aliphatic heterocycles. The number of azo groups is 1. The number of rotatable bonds is 5. The average molecular weight is 308 g/mol. The van der Waals surface area contributed by atoms with Gasteiger partial charge in [0, 0.05) is 24.4 Å². The van der Waals surface area contributed by atoms with Crippen molar-refractivity contribution in [3.8, 4) is 0 Å². The van der Waals surface area contributed by atoms with E-state index < -0.39 is 0 Å². The van der Waals surface area contributed by atoms with Gasteiger partial charge < -0.3 is 10.8 Å². The summed E-state index contributed by atoms with van der Waals surface area (Å²) in [6.07, 6.45) is 4.03. The quantitative estimate of drug-likeness (QED) is 0.629. The van der Waals surface area contributed by atoms with Crippen LogP contribution in [0.25, 0.3) is 0 Å². The third-order valence-corrected chi connectivity index (χ3v) is 3.38. The highest BCUT2D eigenvalue weighted by Crippen LogP contribution is 2.29. The Morgan fingerprint density at radius 1 is 1.09 bits per heavy atom. The largest absolute Gasteiger partial charge is 0.392 e. The van der Waals surface area contributed by atoms with Crippen molar-refractivity contribution in [2.75, 3.05) is 5.73 Å². The number of nitrogens with zero attached hydrogens (tertiary/aromatic N) is 4. The summed E-state index contributed by atoms with van der Waals surface area (Å²) in [6.45, 7) is -0.0973. The van der Waals surface area contributed by atoms with E-state index in [1.165, 1.54) is 0 Å². The Labute approximate surface area is 132 Å². The normalized spacial score (nSPS) is 11.2. The molecule has 7 nitrogen and oxygen atoms in total. The molecule has 0 unspecified atom stereocenters. The van der Waals surface area contributed by atoms with Crippen molar-refractivity contribution in [1.29, 1.82) is 0 Å². The molecule has 2 aromatic heterocycles. The molecule has 3 aromatic rings. The van der Waals surface area contributed by atoms with Gasteiger partial charge in [0.2, 0.25) is 0 Å². The molecule has 0 aliphatic carbocycles. The maximum atomic E-state index is 9.33. The topological polar surface area (TPSA) is 113 Å². The predicted octanol–water partition coefficient (Wildman–Crippen LogP) is 2.89. The lowest BCUT2D eigenvalue weighted by atomic mass is 10.1. The molecule has 0 saturated carbocycles. The summed E-state index contributed by atoms with van der Waals surface area (Å²) >= 11 is 0. The third-order valence-electron chi connectivity index (χ3n) is 3.38. The third kappa shape index (κ3) is 3.41. The number of H-pyrrole nitrogens is 1. The Morgan fingerprint density at radius 2 is 1.87 bits per heavy atom. The van der Waals surface area contributed by atoms with Gasteiger partial charge >= 0.3 is 0 Å². The van der Waals surface area contributed by atoms with E-state index in [0.717, 1.165) is 5.56 Å². The number of hydrogen-bond donors (Lipinski definition) is 3. The fourth-order valence-corrected chi connectivity index (χ4v) is 2.16. The van der Waals surface area contributed by atoms with Crippen molar-refractivity contribution in [3.05, 3.63) is 65.6 Å². The second-order valence-electron chi connectivity index (χ2n) is 4.95. The van der Waals surface area contributed by atoms with E-state index in [1.807, 2.05) is 24.3 Å². The summed E-state index contributed by atoms with van der Waals surface area (Å²) in [5, 5.41) is 24.7. The van der Waals surface area contributed by atoms with E-state index in [9.17, 15) is 5.11 Å². The maximum Gasteiger partial charge on any atom is 0.151 e. The van der Waals surface area contributed by atoms with Gasteiger partial charge in [-0.1, -0.05) is 18.2 Å². The molecule has 0 spiro atoms. The van der Waals surface area contributed by atoms with Gasteiger partial charge in [0.15, 0.2) is 5.69 Å². The highest BCUT2D eigenvalue weighted by atomic mass is 16.3. The lowest BCUT2D eigenvalue weighted by Crippen LogP contribution is -1.89. The van der Waals surface area contributed by atoms with Crippen LogP contribution in [0.1, 0.15) is 16.8 Å². The molecule has 7 heteroatoms. The van der Waals surface area contributed by atoms with Gasteiger partial charge in [-0.15, -0.1) is 10.2 Å². The number of nitrogens with one attached hydrogen (secondary N) is 1. The van der Waals surface area contributed by atoms with Crippen LogP contribution in [-0.2, 0) is 13.0 Å². The van der Waals surface area contributed by atoms with Crippen LogP contribution in [0.15, 0.2) is 59.0 Å². The van der Waals surface area contributed by atoms with Crippen molar-refractivity contribution in [2.24, 2.45) is 10.2 Å². The zero-order chi connectivity index (χ0) is 16.1.